The largest absolute Gasteiger partial charge is 0.497 e. The molecular weight excluding hydrogens is 312 g/mol. The van der Waals surface area contributed by atoms with E-state index >= 15 is 0 Å². The Balaban J connectivity index is 1.89. The van der Waals surface area contributed by atoms with E-state index in [0.717, 1.165) is 0 Å². The van der Waals surface area contributed by atoms with Crippen LogP contribution in [-0.4, -0.2) is 39.9 Å². The Bertz CT molecular complexity index is 696. The Morgan fingerprint density at radius 1 is 1.25 bits per heavy atom. The van der Waals surface area contributed by atoms with Crippen LogP contribution >= 0.6 is 0 Å². The second kappa shape index (κ2) is 8.11. The Morgan fingerprint density at radius 2 is 1.96 bits per heavy atom. The summed E-state index contributed by atoms with van der Waals surface area (Å²) in [5.41, 5.74) is 1.07. The Labute approximate surface area is 139 Å². The van der Waals surface area contributed by atoms with Gasteiger partial charge in [-0.2, -0.15) is 5.10 Å². The van der Waals surface area contributed by atoms with Crippen LogP contribution in [0.5, 0.6) is 5.75 Å². The van der Waals surface area contributed by atoms with Gasteiger partial charge in [-0.15, -0.1) is 0 Å². The number of aliphatic hydroxyl groups excluding tert-OH is 1. The number of carbonyl (C=O) groups is 2. The second-order valence-corrected chi connectivity index (χ2v) is 5.12. The molecule has 0 bridgehead atoms. The number of aromatic nitrogens is 2. The highest BCUT2D eigenvalue weighted by molar-refractivity contribution is 5.94. The maximum absolute atomic E-state index is 12.0. The van der Waals surface area contributed by atoms with E-state index in [4.69, 9.17) is 4.74 Å². The molecule has 0 aliphatic carbocycles. The predicted octanol–water partition coefficient (Wildman–Crippen LogP) is 1.24. The Morgan fingerprint density at radius 3 is 2.58 bits per heavy atom. The van der Waals surface area contributed by atoms with Gasteiger partial charge in [-0.05, 0) is 30.7 Å². The number of aliphatic hydroxyl groups is 1. The average molecular weight is 332 g/mol. The summed E-state index contributed by atoms with van der Waals surface area (Å²) < 4.78 is 6.45. The first-order valence-electron chi connectivity index (χ1n) is 7.47. The standard InChI is InChI=1S/C16H20N4O4/c1-3-14(21)16(23)19-12-8-17-20(9-12)10-15(22)18-11-4-6-13(24-2)7-5-11/h4-9,14,21H,3,10H2,1-2H3,(H,18,22)(H,19,23)/t14-/m0/s1. The normalized spacial score (nSPS) is 11.6. The minimum atomic E-state index is -1.06. The number of nitrogens with zero attached hydrogens (tertiary/aromatic N) is 2. The third-order valence-electron chi connectivity index (χ3n) is 3.27. The topological polar surface area (TPSA) is 105 Å². The quantitative estimate of drug-likeness (QED) is 0.707. The van der Waals surface area contributed by atoms with Crippen LogP contribution < -0.4 is 15.4 Å². The lowest BCUT2D eigenvalue weighted by atomic mass is 10.2. The van der Waals surface area contributed by atoms with E-state index in [1.54, 1.807) is 38.3 Å². The smallest absolute Gasteiger partial charge is 0.253 e. The molecule has 8 heteroatoms. The summed E-state index contributed by atoms with van der Waals surface area (Å²) in [6.45, 7) is 1.70. The molecule has 0 aliphatic heterocycles. The Kier molecular flexibility index (Phi) is 5.91. The third-order valence-corrected chi connectivity index (χ3v) is 3.27. The van der Waals surface area contributed by atoms with Crippen molar-refractivity contribution in [2.45, 2.75) is 26.0 Å². The van der Waals surface area contributed by atoms with Gasteiger partial charge in [0.1, 0.15) is 18.4 Å². The third kappa shape index (κ3) is 4.82. The van der Waals surface area contributed by atoms with Gasteiger partial charge in [0.05, 0.1) is 19.0 Å². The van der Waals surface area contributed by atoms with Crippen molar-refractivity contribution in [2.24, 2.45) is 0 Å². The van der Waals surface area contributed by atoms with Gasteiger partial charge in [0.2, 0.25) is 5.91 Å². The van der Waals surface area contributed by atoms with Crippen LogP contribution in [0.4, 0.5) is 11.4 Å². The van der Waals surface area contributed by atoms with Gasteiger partial charge >= 0.3 is 0 Å². The molecule has 8 nitrogen and oxygen atoms in total. The van der Waals surface area contributed by atoms with Crippen molar-refractivity contribution >= 4 is 23.2 Å². The molecule has 1 aromatic heterocycles. The first-order valence-corrected chi connectivity index (χ1v) is 7.47. The number of carbonyl (C=O) groups excluding carboxylic acids is 2. The average Bonchev–Trinajstić information content (AvgIpc) is 3.01. The number of anilines is 2. The molecule has 2 amide bonds. The second-order valence-electron chi connectivity index (χ2n) is 5.12. The molecular formula is C16H20N4O4. The van der Waals surface area contributed by atoms with Crippen LogP contribution in [0.25, 0.3) is 0 Å². The molecule has 24 heavy (non-hydrogen) atoms. The highest BCUT2D eigenvalue weighted by atomic mass is 16.5. The van der Waals surface area contributed by atoms with Gasteiger partial charge in [-0.1, -0.05) is 6.92 Å². The van der Waals surface area contributed by atoms with E-state index in [0.29, 0.717) is 23.5 Å². The molecule has 0 spiro atoms. The van der Waals surface area contributed by atoms with Gasteiger partial charge in [-0.3, -0.25) is 14.3 Å². The molecule has 3 N–H and O–H groups in total. The summed E-state index contributed by atoms with van der Waals surface area (Å²) in [6, 6.07) is 6.96. The van der Waals surface area contributed by atoms with Crippen molar-refractivity contribution < 1.29 is 19.4 Å². The maximum Gasteiger partial charge on any atom is 0.253 e. The summed E-state index contributed by atoms with van der Waals surface area (Å²) in [4.78, 5) is 23.6. The number of hydrogen-bond acceptors (Lipinski definition) is 5. The SMILES string of the molecule is CC[C@H](O)C(=O)Nc1cnn(CC(=O)Nc2ccc(OC)cc2)c1. The van der Waals surface area contributed by atoms with Crippen molar-refractivity contribution in [3.63, 3.8) is 0 Å². The Hall–Kier alpha value is -2.87. The minimum absolute atomic E-state index is 0.00175. The number of methoxy groups -OCH3 is 1. The number of ether oxygens (including phenoxy) is 1. The van der Waals surface area contributed by atoms with E-state index in [9.17, 15) is 14.7 Å². The zero-order chi connectivity index (χ0) is 17.5. The molecule has 128 valence electrons. The van der Waals surface area contributed by atoms with E-state index in [1.807, 2.05) is 0 Å². The summed E-state index contributed by atoms with van der Waals surface area (Å²) in [7, 11) is 1.57. The molecule has 0 fully saturated rings. The molecule has 1 heterocycles. The number of nitrogens with one attached hydrogen (secondary N) is 2. The molecule has 0 saturated heterocycles. The monoisotopic (exact) mass is 332 g/mol. The number of amides is 2. The van der Waals surface area contributed by atoms with Gasteiger partial charge in [-0.25, -0.2) is 0 Å². The van der Waals surface area contributed by atoms with Crippen molar-refractivity contribution in [1.82, 2.24) is 9.78 Å². The van der Waals surface area contributed by atoms with Crippen LogP contribution in [0.2, 0.25) is 0 Å². The zero-order valence-corrected chi connectivity index (χ0v) is 13.5. The molecule has 0 saturated carbocycles. The van der Waals surface area contributed by atoms with Crippen molar-refractivity contribution in [3.05, 3.63) is 36.7 Å². The first kappa shape index (κ1) is 17.5. The van der Waals surface area contributed by atoms with Gasteiger partial charge < -0.3 is 20.5 Å². The molecule has 2 rings (SSSR count). The molecule has 0 unspecified atom stereocenters. The highest BCUT2D eigenvalue weighted by Gasteiger charge is 2.13. The van der Waals surface area contributed by atoms with Crippen molar-refractivity contribution in [1.29, 1.82) is 0 Å². The lowest BCUT2D eigenvalue weighted by molar-refractivity contribution is -0.124. The van der Waals surface area contributed by atoms with E-state index in [-0.39, 0.29) is 12.5 Å². The van der Waals surface area contributed by atoms with Gasteiger partial charge in [0.25, 0.3) is 5.91 Å². The number of hydrogen-bond donors (Lipinski definition) is 3. The molecule has 0 aliphatic rings. The fraction of sp³-hybridized carbons (Fsp3) is 0.312. The first-order chi connectivity index (χ1) is 11.5. The fourth-order valence-electron chi connectivity index (χ4n) is 1.95. The molecule has 2 aromatic rings. The van der Waals surface area contributed by atoms with Crippen LogP contribution in [0, 0.1) is 0 Å². The predicted molar refractivity (Wildman–Crippen MR) is 88.8 cm³/mol. The van der Waals surface area contributed by atoms with Crippen LogP contribution in [0.1, 0.15) is 13.3 Å². The lowest BCUT2D eigenvalue weighted by Gasteiger charge is -2.07. The summed E-state index contributed by atoms with van der Waals surface area (Å²) in [5.74, 6) is -0.0517. The minimum Gasteiger partial charge on any atom is -0.497 e. The number of rotatable bonds is 7. The van der Waals surface area contributed by atoms with E-state index < -0.39 is 12.0 Å². The number of benzene rings is 1. The summed E-state index contributed by atoms with van der Waals surface area (Å²) in [5, 5.41) is 18.7. The van der Waals surface area contributed by atoms with Crippen molar-refractivity contribution in [3.8, 4) is 5.75 Å². The van der Waals surface area contributed by atoms with Gasteiger partial charge in [0.15, 0.2) is 0 Å². The molecule has 1 aromatic carbocycles. The summed E-state index contributed by atoms with van der Waals surface area (Å²) >= 11 is 0. The molecule has 0 radical (unpaired) electrons. The van der Waals surface area contributed by atoms with Crippen LogP contribution in [0.15, 0.2) is 36.7 Å². The van der Waals surface area contributed by atoms with Crippen molar-refractivity contribution in [2.75, 3.05) is 17.7 Å². The van der Waals surface area contributed by atoms with Gasteiger partial charge in [0, 0.05) is 11.9 Å². The zero-order valence-electron chi connectivity index (χ0n) is 13.5. The fourth-order valence-corrected chi connectivity index (χ4v) is 1.95. The highest BCUT2D eigenvalue weighted by Crippen LogP contribution is 2.15. The van der Waals surface area contributed by atoms with Crippen LogP contribution in [0.3, 0.4) is 0 Å². The summed E-state index contributed by atoms with van der Waals surface area (Å²) in [6.07, 6.45) is 2.20. The lowest BCUT2D eigenvalue weighted by Crippen LogP contribution is -2.26. The van der Waals surface area contributed by atoms with Crippen LogP contribution in [-0.2, 0) is 16.1 Å². The molecule has 1 atom stereocenters. The van der Waals surface area contributed by atoms with E-state index in [1.165, 1.54) is 17.1 Å². The maximum atomic E-state index is 12.0. The van der Waals surface area contributed by atoms with E-state index in [2.05, 4.69) is 15.7 Å².